The van der Waals surface area contributed by atoms with Crippen LogP contribution in [0.4, 0.5) is 4.39 Å². The number of hydrogen-bond acceptors (Lipinski definition) is 3. The number of aryl methyl sites for hydroxylation is 2. The van der Waals surface area contributed by atoms with Crippen LogP contribution in [0.5, 0.6) is 0 Å². The maximum atomic E-state index is 13.2. The van der Waals surface area contributed by atoms with E-state index in [0.29, 0.717) is 12.8 Å². The molecule has 4 nitrogen and oxygen atoms in total. The van der Waals surface area contributed by atoms with Crippen molar-refractivity contribution >= 4 is 21.0 Å². The summed E-state index contributed by atoms with van der Waals surface area (Å²) in [6.07, 6.45) is 3.02. The highest BCUT2D eigenvalue weighted by Gasteiger charge is 2.15. The molecule has 3 aromatic rings. The molecule has 3 rings (SSSR count). The number of H-pyrrole nitrogens is 1. The fraction of sp³-hybridized carbons (Fsp3) is 0.222. The summed E-state index contributed by atoms with van der Waals surface area (Å²) in [6, 6.07) is 11.2. The predicted molar refractivity (Wildman–Crippen MR) is 90.9 cm³/mol. The van der Waals surface area contributed by atoms with E-state index in [9.17, 15) is 12.8 Å². The van der Waals surface area contributed by atoms with Gasteiger partial charge in [0.15, 0.2) is 0 Å². The summed E-state index contributed by atoms with van der Waals surface area (Å²) in [5.74, 6) is -0.288. The molecule has 0 atom stereocenters. The van der Waals surface area contributed by atoms with Crippen molar-refractivity contribution in [3.63, 3.8) is 0 Å². The minimum atomic E-state index is -3.73. The van der Waals surface area contributed by atoms with Crippen molar-refractivity contribution in [3.8, 4) is 0 Å². The summed E-state index contributed by atoms with van der Waals surface area (Å²) < 4.78 is 42.5. The minimum absolute atomic E-state index is 0.101. The van der Waals surface area contributed by atoms with Crippen molar-refractivity contribution in [1.29, 1.82) is 0 Å². The van der Waals surface area contributed by atoms with Gasteiger partial charge < -0.3 is 4.98 Å². The first-order valence-electron chi connectivity index (χ1n) is 7.67. The first kappa shape index (κ1) is 16.7. The van der Waals surface area contributed by atoms with Gasteiger partial charge in [0, 0.05) is 17.1 Å². The van der Waals surface area contributed by atoms with Crippen molar-refractivity contribution in [2.45, 2.75) is 24.7 Å². The van der Waals surface area contributed by atoms with E-state index < -0.39 is 10.1 Å². The van der Waals surface area contributed by atoms with Gasteiger partial charge >= 0.3 is 0 Å². The summed E-state index contributed by atoms with van der Waals surface area (Å²) in [6.45, 7) is 1.93. The maximum absolute atomic E-state index is 13.2. The first-order valence-corrected chi connectivity index (χ1v) is 9.08. The van der Waals surface area contributed by atoms with Crippen molar-refractivity contribution in [2.75, 3.05) is 6.61 Å². The Morgan fingerprint density at radius 2 is 2.00 bits per heavy atom. The molecule has 1 heterocycles. The third-order valence-electron chi connectivity index (χ3n) is 3.84. The van der Waals surface area contributed by atoms with Gasteiger partial charge in [-0.1, -0.05) is 12.1 Å². The van der Waals surface area contributed by atoms with Crippen molar-refractivity contribution in [2.24, 2.45) is 0 Å². The van der Waals surface area contributed by atoms with Gasteiger partial charge in [-0.2, -0.15) is 8.42 Å². The number of nitrogens with one attached hydrogen (secondary N) is 1. The van der Waals surface area contributed by atoms with E-state index in [1.165, 1.54) is 18.2 Å². The lowest BCUT2D eigenvalue weighted by Gasteiger charge is -2.06. The number of fused-ring (bicyclic) bond motifs is 1. The van der Waals surface area contributed by atoms with Gasteiger partial charge in [0.1, 0.15) is 5.82 Å². The zero-order chi connectivity index (χ0) is 17.2. The second-order valence-corrected chi connectivity index (χ2v) is 7.32. The number of aromatic nitrogens is 1. The molecule has 24 heavy (non-hydrogen) atoms. The van der Waals surface area contributed by atoms with Crippen LogP contribution in [0, 0.1) is 12.7 Å². The molecule has 0 amide bonds. The molecule has 6 heteroatoms. The number of rotatable bonds is 6. The van der Waals surface area contributed by atoms with E-state index in [0.717, 1.165) is 22.0 Å². The van der Waals surface area contributed by atoms with Crippen LogP contribution >= 0.6 is 0 Å². The Hall–Kier alpha value is -2.18. The topological polar surface area (TPSA) is 59.2 Å². The smallest absolute Gasteiger partial charge is 0.296 e. The molecule has 126 valence electrons. The molecule has 0 aliphatic heterocycles. The van der Waals surface area contributed by atoms with Gasteiger partial charge in [-0.15, -0.1) is 0 Å². The highest BCUT2D eigenvalue weighted by molar-refractivity contribution is 7.86. The van der Waals surface area contributed by atoms with Crippen LogP contribution in [0.2, 0.25) is 0 Å². The number of halogens is 1. The van der Waals surface area contributed by atoms with E-state index in [2.05, 4.69) is 4.98 Å². The van der Waals surface area contributed by atoms with Crippen molar-refractivity contribution in [3.05, 3.63) is 65.6 Å². The van der Waals surface area contributed by atoms with E-state index in [1.54, 1.807) is 18.2 Å². The third-order valence-corrected chi connectivity index (χ3v) is 5.14. The lowest BCUT2D eigenvalue weighted by Crippen LogP contribution is -2.08. The Balaban J connectivity index is 1.60. The fourth-order valence-electron chi connectivity index (χ4n) is 2.64. The Morgan fingerprint density at radius 3 is 2.79 bits per heavy atom. The Bertz CT molecular complexity index is 963. The maximum Gasteiger partial charge on any atom is 0.296 e. The number of hydrogen-bond donors (Lipinski definition) is 1. The van der Waals surface area contributed by atoms with Gasteiger partial charge in [-0.05, 0) is 61.2 Å². The average Bonchev–Trinajstić information content (AvgIpc) is 2.94. The lowest BCUT2D eigenvalue weighted by atomic mass is 10.1. The van der Waals surface area contributed by atoms with Gasteiger partial charge in [0.2, 0.25) is 0 Å². The number of aromatic amines is 1. The summed E-state index contributed by atoms with van der Waals surface area (Å²) in [5, 5.41) is 0.943. The molecule has 0 saturated heterocycles. The van der Waals surface area contributed by atoms with Crippen LogP contribution in [0.25, 0.3) is 10.9 Å². The molecule has 0 saturated carbocycles. The highest BCUT2D eigenvalue weighted by Crippen LogP contribution is 2.21. The molecule has 0 aliphatic rings. The molecule has 0 unspecified atom stereocenters. The molecular formula is C18H18FNO3S. The fourth-order valence-corrected chi connectivity index (χ4v) is 3.68. The Morgan fingerprint density at radius 1 is 1.17 bits per heavy atom. The van der Waals surface area contributed by atoms with Gasteiger partial charge in [-0.25, -0.2) is 4.39 Å². The summed E-state index contributed by atoms with van der Waals surface area (Å²) >= 11 is 0. The zero-order valence-electron chi connectivity index (χ0n) is 13.3. The average molecular weight is 347 g/mol. The normalized spacial score (nSPS) is 11.9. The molecule has 0 fully saturated rings. The molecule has 0 bridgehead atoms. The molecule has 2 aromatic carbocycles. The van der Waals surface area contributed by atoms with Gasteiger partial charge in [-0.3, -0.25) is 4.18 Å². The Labute approximate surface area is 140 Å². The van der Waals surface area contributed by atoms with E-state index >= 15 is 0 Å². The summed E-state index contributed by atoms with van der Waals surface area (Å²) in [7, 11) is -3.73. The van der Waals surface area contributed by atoms with Gasteiger partial charge in [0.05, 0.1) is 11.5 Å². The van der Waals surface area contributed by atoms with E-state index in [-0.39, 0.29) is 17.3 Å². The third kappa shape index (κ3) is 3.66. The molecular weight excluding hydrogens is 329 g/mol. The monoisotopic (exact) mass is 347 g/mol. The SMILES string of the molecule is Cc1cccc(S(=O)(=O)OCCCc2c[nH]c3cc(F)ccc23)c1. The van der Waals surface area contributed by atoms with E-state index in [1.807, 2.05) is 19.2 Å². The van der Waals surface area contributed by atoms with Crippen LogP contribution in [0.15, 0.2) is 53.6 Å². The quantitative estimate of drug-likeness (QED) is 0.542. The van der Waals surface area contributed by atoms with E-state index in [4.69, 9.17) is 4.18 Å². The predicted octanol–water partition coefficient (Wildman–Crippen LogP) is 3.95. The first-order chi connectivity index (χ1) is 11.5. The zero-order valence-corrected chi connectivity index (χ0v) is 14.1. The molecule has 0 aliphatic carbocycles. The minimum Gasteiger partial charge on any atom is -0.361 e. The van der Waals surface area contributed by atoms with Gasteiger partial charge in [0.25, 0.3) is 10.1 Å². The van der Waals surface area contributed by atoms with Crippen LogP contribution in [0.1, 0.15) is 17.5 Å². The molecule has 1 N–H and O–H groups in total. The standard InChI is InChI=1S/C18H18FNO3S/c1-13-4-2-6-16(10-13)24(21,22)23-9-3-5-14-12-20-18-11-15(19)7-8-17(14)18/h2,4,6-8,10-12,20H,3,5,9H2,1H3. The molecule has 0 radical (unpaired) electrons. The Kier molecular flexibility index (Phi) is 4.69. The number of benzene rings is 2. The molecule has 1 aromatic heterocycles. The summed E-state index contributed by atoms with van der Waals surface area (Å²) in [5.41, 5.74) is 2.62. The van der Waals surface area contributed by atoms with Crippen molar-refractivity contribution < 1.29 is 17.0 Å². The van der Waals surface area contributed by atoms with Crippen molar-refractivity contribution in [1.82, 2.24) is 4.98 Å². The largest absolute Gasteiger partial charge is 0.361 e. The van der Waals surface area contributed by atoms with Crippen LogP contribution in [-0.4, -0.2) is 20.0 Å². The van der Waals surface area contributed by atoms with Crippen LogP contribution < -0.4 is 0 Å². The highest BCUT2D eigenvalue weighted by atomic mass is 32.2. The van der Waals surface area contributed by atoms with Crippen LogP contribution in [0.3, 0.4) is 0 Å². The second-order valence-electron chi connectivity index (χ2n) is 5.70. The second kappa shape index (κ2) is 6.75. The summed E-state index contributed by atoms with van der Waals surface area (Å²) in [4.78, 5) is 3.19. The lowest BCUT2D eigenvalue weighted by molar-refractivity contribution is 0.312. The van der Waals surface area contributed by atoms with Crippen LogP contribution in [-0.2, 0) is 20.7 Å². The molecule has 0 spiro atoms.